The van der Waals surface area contributed by atoms with Crippen molar-refractivity contribution in [1.29, 1.82) is 0 Å². The van der Waals surface area contributed by atoms with Crippen LogP contribution in [0, 0.1) is 0 Å². The SMILES string of the molecule is CNC(=O)CNCC(=O)NCc1ccc(N(C)C)cc1. The third kappa shape index (κ3) is 5.71. The summed E-state index contributed by atoms with van der Waals surface area (Å²) in [5.74, 6) is -0.275. The quantitative estimate of drug-likeness (QED) is 0.640. The Morgan fingerprint density at radius 1 is 1.05 bits per heavy atom. The summed E-state index contributed by atoms with van der Waals surface area (Å²) in [6, 6.07) is 7.97. The molecule has 0 spiro atoms. The minimum Gasteiger partial charge on any atom is -0.378 e. The van der Waals surface area contributed by atoms with Gasteiger partial charge in [-0.3, -0.25) is 14.9 Å². The van der Waals surface area contributed by atoms with Crippen molar-refractivity contribution in [2.24, 2.45) is 0 Å². The molecule has 0 aliphatic rings. The van der Waals surface area contributed by atoms with Crippen LogP contribution in [0.2, 0.25) is 0 Å². The highest BCUT2D eigenvalue weighted by Gasteiger charge is 2.03. The average molecular weight is 278 g/mol. The third-order valence-corrected chi connectivity index (χ3v) is 2.79. The lowest BCUT2D eigenvalue weighted by Crippen LogP contribution is -2.38. The molecule has 0 saturated carbocycles. The molecule has 0 aliphatic carbocycles. The zero-order valence-corrected chi connectivity index (χ0v) is 12.2. The summed E-state index contributed by atoms with van der Waals surface area (Å²) in [4.78, 5) is 24.5. The highest BCUT2D eigenvalue weighted by atomic mass is 16.2. The maximum absolute atomic E-state index is 11.5. The highest BCUT2D eigenvalue weighted by molar-refractivity contribution is 5.80. The van der Waals surface area contributed by atoms with Gasteiger partial charge in [-0.2, -0.15) is 0 Å². The molecule has 2 amide bonds. The van der Waals surface area contributed by atoms with Crippen molar-refractivity contribution in [3.8, 4) is 0 Å². The van der Waals surface area contributed by atoms with Crippen LogP contribution in [0.25, 0.3) is 0 Å². The second-order valence-corrected chi connectivity index (χ2v) is 4.61. The molecule has 0 aliphatic heterocycles. The van der Waals surface area contributed by atoms with Gasteiger partial charge in [0.1, 0.15) is 0 Å². The van der Waals surface area contributed by atoms with Gasteiger partial charge in [-0.1, -0.05) is 12.1 Å². The average Bonchev–Trinajstić information content (AvgIpc) is 2.45. The Hall–Kier alpha value is -2.08. The first-order valence-corrected chi connectivity index (χ1v) is 6.47. The van der Waals surface area contributed by atoms with Gasteiger partial charge in [-0.15, -0.1) is 0 Å². The molecule has 0 aromatic heterocycles. The molecule has 0 unspecified atom stereocenters. The van der Waals surface area contributed by atoms with E-state index in [4.69, 9.17) is 0 Å². The smallest absolute Gasteiger partial charge is 0.234 e. The number of nitrogens with zero attached hydrogens (tertiary/aromatic N) is 1. The van der Waals surface area contributed by atoms with Gasteiger partial charge < -0.3 is 15.5 Å². The van der Waals surface area contributed by atoms with Crippen LogP contribution in [0.3, 0.4) is 0 Å². The van der Waals surface area contributed by atoms with Gasteiger partial charge >= 0.3 is 0 Å². The van der Waals surface area contributed by atoms with Gasteiger partial charge in [0.2, 0.25) is 11.8 Å². The van der Waals surface area contributed by atoms with Crippen LogP contribution in [-0.2, 0) is 16.1 Å². The third-order valence-electron chi connectivity index (χ3n) is 2.79. The summed E-state index contributed by atoms with van der Waals surface area (Å²) < 4.78 is 0. The fourth-order valence-corrected chi connectivity index (χ4v) is 1.55. The van der Waals surface area contributed by atoms with Crippen molar-refractivity contribution in [3.63, 3.8) is 0 Å². The lowest BCUT2D eigenvalue weighted by atomic mass is 10.2. The predicted molar refractivity (Wildman–Crippen MR) is 79.6 cm³/mol. The molecule has 6 nitrogen and oxygen atoms in total. The lowest BCUT2D eigenvalue weighted by molar-refractivity contribution is -0.121. The number of nitrogens with one attached hydrogen (secondary N) is 3. The molecule has 1 rings (SSSR count). The molecule has 0 heterocycles. The van der Waals surface area contributed by atoms with E-state index in [9.17, 15) is 9.59 Å². The van der Waals surface area contributed by atoms with Crippen molar-refractivity contribution in [2.45, 2.75) is 6.54 Å². The predicted octanol–water partition coefficient (Wildman–Crippen LogP) is -0.296. The Balaban J connectivity index is 2.28. The molecule has 1 aromatic carbocycles. The molecule has 0 bridgehead atoms. The van der Waals surface area contributed by atoms with E-state index < -0.39 is 0 Å². The van der Waals surface area contributed by atoms with Gasteiger partial charge in [0.15, 0.2) is 0 Å². The first-order chi connectivity index (χ1) is 9.52. The number of likely N-dealkylation sites (N-methyl/N-ethyl adjacent to an activating group) is 1. The first-order valence-electron chi connectivity index (χ1n) is 6.47. The summed E-state index contributed by atoms with van der Waals surface area (Å²) in [5, 5.41) is 8.03. The van der Waals surface area contributed by atoms with Crippen LogP contribution in [0.15, 0.2) is 24.3 Å². The van der Waals surface area contributed by atoms with Crippen LogP contribution in [-0.4, -0.2) is 46.0 Å². The summed E-state index contributed by atoms with van der Waals surface area (Å²) in [6.45, 7) is 0.749. The van der Waals surface area contributed by atoms with Gasteiger partial charge in [0.05, 0.1) is 13.1 Å². The minimum atomic E-state index is -0.142. The van der Waals surface area contributed by atoms with Crippen molar-refractivity contribution < 1.29 is 9.59 Å². The molecular formula is C14H22N4O2. The van der Waals surface area contributed by atoms with E-state index in [1.807, 2.05) is 43.3 Å². The van der Waals surface area contributed by atoms with E-state index in [0.717, 1.165) is 11.3 Å². The fourth-order valence-electron chi connectivity index (χ4n) is 1.55. The number of carbonyl (C=O) groups is 2. The Morgan fingerprint density at radius 3 is 2.20 bits per heavy atom. The Morgan fingerprint density at radius 2 is 1.65 bits per heavy atom. The Labute approximate surface area is 119 Å². The van der Waals surface area contributed by atoms with Crippen LogP contribution < -0.4 is 20.9 Å². The van der Waals surface area contributed by atoms with Gasteiger partial charge in [0.25, 0.3) is 0 Å². The molecule has 110 valence electrons. The van der Waals surface area contributed by atoms with E-state index in [1.54, 1.807) is 7.05 Å². The summed E-state index contributed by atoms with van der Waals surface area (Å²) in [6.07, 6.45) is 0. The van der Waals surface area contributed by atoms with Gasteiger partial charge in [-0.05, 0) is 17.7 Å². The number of hydrogen-bond acceptors (Lipinski definition) is 4. The number of anilines is 1. The molecule has 0 radical (unpaired) electrons. The number of amides is 2. The van der Waals surface area contributed by atoms with Crippen molar-refractivity contribution in [1.82, 2.24) is 16.0 Å². The van der Waals surface area contributed by atoms with Crippen LogP contribution in [0.5, 0.6) is 0 Å². The summed E-state index contributed by atoms with van der Waals surface area (Å²) in [5.41, 5.74) is 2.16. The lowest BCUT2D eigenvalue weighted by Gasteiger charge is -2.13. The highest BCUT2D eigenvalue weighted by Crippen LogP contribution is 2.11. The number of hydrogen-bond donors (Lipinski definition) is 3. The van der Waals surface area contributed by atoms with E-state index >= 15 is 0 Å². The van der Waals surface area contributed by atoms with Crippen molar-refractivity contribution >= 4 is 17.5 Å². The van der Waals surface area contributed by atoms with E-state index in [2.05, 4.69) is 16.0 Å². The zero-order valence-electron chi connectivity index (χ0n) is 12.2. The standard InChI is InChI=1S/C14H22N4O2/c1-15-13(19)9-16-10-14(20)17-8-11-4-6-12(7-5-11)18(2)3/h4-7,16H,8-10H2,1-3H3,(H,15,19)(H,17,20). The topological polar surface area (TPSA) is 73.5 Å². The normalized spacial score (nSPS) is 9.95. The molecule has 0 atom stereocenters. The molecule has 20 heavy (non-hydrogen) atoms. The zero-order chi connectivity index (χ0) is 15.0. The van der Waals surface area contributed by atoms with Crippen LogP contribution in [0.4, 0.5) is 5.69 Å². The number of rotatable bonds is 7. The van der Waals surface area contributed by atoms with Crippen LogP contribution >= 0.6 is 0 Å². The second-order valence-electron chi connectivity index (χ2n) is 4.61. The molecule has 1 aromatic rings. The van der Waals surface area contributed by atoms with E-state index in [0.29, 0.717) is 6.54 Å². The maximum atomic E-state index is 11.5. The minimum absolute atomic E-state index is 0.128. The maximum Gasteiger partial charge on any atom is 0.234 e. The van der Waals surface area contributed by atoms with Crippen LogP contribution in [0.1, 0.15) is 5.56 Å². The van der Waals surface area contributed by atoms with Gasteiger partial charge in [0, 0.05) is 33.4 Å². The second kappa shape index (κ2) is 8.16. The van der Waals surface area contributed by atoms with Gasteiger partial charge in [-0.25, -0.2) is 0 Å². The van der Waals surface area contributed by atoms with Crippen molar-refractivity contribution in [3.05, 3.63) is 29.8 Å². The van der Waals surface area contributed by atoms with Crippen molar-refractivity contribution in [2.75, 3.05) is 39.1 Å². The summed E-state index contributed by atoms with van der Waals surface area (Å²) in [7, 11) is 5.52. The summed E-state index contributed by atoms with van der Waals surface area (Å²) >= 11 is 0. The molecule has 0 saturated heterocycles. The molecule has 0 fully saturated rings. The molecular weight excluding hydrogens is 256 g/mol. The molecule has 3 N–H and O–H groups in total. The monoisotopic (exact) mass is 278 g/mol. The Bertz CT molecular complexity index is 443. The van der Waals surface area contributed by atoms with E-state index in [1.165, 1.54) is 0 Å². The number of carbonyl (C=O) groups excluding carboxylic acids is 2. The fraction of sp³-hybridized carbons (Fsp3) is 0.429. The first kappa shape index (κ1) is 16.0. The molecule has 6 heteroatoms. The number of benzene rings is 1. The Kier molecular flexibility index (Phi) is 6.52. The largest absolute Gasteiger partial charge is 0.378 e. The van der Waals surface area contributed by atoms with E-state index in [-0.39, 0.29) is 24.9 Å².